The smallest absolute Gasteiger partial charge is 0.416 e. The fourth-order valence-electron chi connectivity index (χ4n) is 1.12. The number of hydrogen-bond donors (Lipinski definition) is 3. The van der Waals surface area contributed by atoms with E-state index >= 15 is 0 Å². The van der Waals surface area contributed by atoms with Crippen LogP contribution in [-0.4, -0.2) is 24.8 Å². The average Bonchev–Trinajstić information content (AvgIpc) is 2.75. The van der Waals surface area contributed by atoms with Gasteiger partial charge in [-0.2, -0.15) is 0 Å². The van der Waals surface area contributed by atoms with E-state index in [-0.39, 0.29) is 6.54 Å². The van der Waals surface area contributed by atoms with E-state index in [4.69, 9.17) is 10.5 Å². The number of hydrogen-bond acceptors (Lipinski definition) is 6. The van der Waals surface area contributed by atoms with Crippen LogP contribution in [0, 0.1) is 0 Å². The molecule has 8 nitrogen and oxygen atoms in total. The number of primary amides is 2. The van der Waals surface area contributed by atoms with Crippen molar-refractivity contribution in [1.29, 1.82) is 0 Å². The summed E-state index contributed by atoms with van der Waals surface area (Å²) in [4.78, 5) is 32.7. The summed E-state index contributed by atoms with van der Waals surface area (Å²) in [6, 6.07) is 3.46. The first-order valence-electron chi connectivity index (χ1n) is 4.73. The van der Waals surface area contributed by atoms with Crippen LogP contribution in [0.25, 0.3) is 0 Å². The van der Waals surface area contributed by atoms with E-state index in [9.17, 15) is 14.4 Å². The van der Waals surface area contributed by atoms with E-state index in [0.717, 1.165) is 0 Å². The van der Waals surface area contributed by atoms with Crippen molar-refractivity contribution in [3.8, 4) is 0 Å². The van der Waals surface area contributed by atoms with E-state index in [2.05, 4.69) is 15.8 Å². The summed E-state index contributed by atoms with van der Waals surface area (Å²) in [7, 11) is 0. The lowest BCUT2D eigenvalue weighted by molar-refractivity contribution is 0.104. The summed E-state index contributed by atoms with van der Waals surface area (Å²) in [6.45, 7) is -0.0877. The molecule has 5 N–H and O–H groups in total. The number of nitrogens with one attached hydrogen (secondary N) is 1. The van der Waals surface area contributed by atoms with Crippen LogP contribution >= 0.6 is 11.3 Å². The predicted octanol–water partition coefficient (Wildman–Crippen LogP) is 0.689. The number of carbonyl (C=O) groups is 3. The van der Waals surface area contributed by atoms with Gasteiger partial charge in [0.25, 0.3) is 0 Å². The zero-order valence-electron chi connectivity index (χ0n) is 9.12. The molecule has 0 aliphatic rings. The monoisotopic (exact) mass is 273 g/mol. The molecular weight excluding hydrogens is 262 g/mol. The van der Waals surface area contributed by atoms with Gasteiger partial charge >= 0.3 is 18.3 Å². The lowest BCUT2D eigenvalue weighted by Crippen LogP contribution is -2.34. The standard InChI is InChI=1S/C9H11N3O5S/c10-7(13)16-5(6-2-1-3-18-6)4-12-9(15)17-8(11)14/h1-3,5H,4H2,(H2,10,13)(H2,11,14)(H,12,15)/t5-/m1/s1. The van der Waals surface area contributed by atoms with Gasteiger partial charge in [-0.1, -0.05) is 6.07 Å². The Labute approximate surface area is 106 Å². The normalized spacial score (nSPS) is 11.3. The van der Waals surface area contributed by atoms with Crippen LogP contribution < -0.4 is 16.8 Å². The summed E-state index contributed by atoms with van der Waals surface area (Å²) < 4.78 is 8.86. The van der Waals surface area contributed by atoms with Gasteiger partial charge in [-0.15, -0.1) is 11.3 Å². The van der Waals surface area contributed by atoms with Crippen LogP contribution in [0.5, 0.6) is 0 Å². The number of nitrogens with two attached hydrogens (primary N) is 2. The Kier molecular flexibility index (Phi) is 4.93. The van der Waals surface area contributed by atoms with Crippen LogP contribution in [0.2, 0.25) is 0 Å². The fourth-order valence-corrected chi connectivity index (χ4v) is 1.87. The van der Waals surface area contributed by atoms with Crippen molar-refractivity contribution in [1.82, 2.24) is 5.32 Å². The molecule has 0 bridgehead atoms. The van der Waals surface area contributed by atoms with E-state index in [1.807, 2.05) is 0 Å². The van der Waals surface area contributed by atoms with Crippen molar-refractivity contribution in [3.05, 3.63) is 22.4 Å². The van der Waals surface area contributed by atoms with Crippen LogP contribution in [0.1, 0.15) is 11.0 Å². The van der Waals surface area contributed by atoms with E-state index in [1.165, 1.54) is 11.3 Å². The molecule has 18 heavy (non-hydrogen) atoms. The number of rotatable bonds is 4. The molecule has 1 rings (SSSR count). The Bertz CT molecular complexity index is 433. The second-order valence-corrected chi connectivity index (χ2v) is 4.01. The third-order valence-electron chi connectivity index (χ3n) is 1.74. The maximum absolute atomic E-state index is 11.0. The Balaban J connectivity index is 2.55. The van der Waals surface area contributed by atoms with Crippen molar-refractivity contribution in [2.24, 2.45) is 11.5 Å². The van der Waals surface area contributed by atoms with Crippen LogP contribution in [0.4, 0.5) is 14.4 Å². The first kappa shape index (κ1) is 13.8. The van der Waals surface area contributed by atoms with E-state index in [0.29, 0.717) is 4.88 Å². The SMILES string of the molecule is NC(=O)OC(=O)NC[C@@H](OC(N)=O)c1cccs1. The molecule has 0 unspecified atom stereocenters. The topological polar surface area (TPSA) is 134 Å². The van der Waals surface area contributed by atoms with Gasteiger partial charge in [0.05, 0.1) is 6.54 Å². The highest BCUT2D eigenvalue weighted by molar-refractivity contribution is 7.10. The molecule has 0 saturated heterocycles. The highest BCUT2D eigenvalue weighted by atomic mass is 32.1. The van der Waals surface area contributed by atoms with E-state index in [1.54, 1.807) is 17.5 Å². The largest absolute Gasteiger partial charge is 0.439 e. The van der Waals surface area contributed by atoms with Gasteiger partial charge in [0.1, 0.15) is 0 Å². The van der Waals surface area contributed by atoms with E-state index < -0.39 is 24.4 Å². The summed E-state index contributed by atoms with van der Waals surface area (Å²) in [5, 5.41) is 3.99. The van der Waals surface area contributed by atoms with Gasteiger partial charge in [0.15, 0.2) is 6.10 Å². The molecule has 1 atom stereocenters. The minimum absolute atomic E-state index is 0.0877. The summed E-state index contributed by atoms with van der Waals surface area (Å²) in [5.41, 5.74) is 9.56. The van der Waals surface area contributed by atoms with Crippen molar-refractivity contribution < 1.29 is 23.9 Å². The molecule has 0 aliphatic carbocycles. The van der Waals surface area contributed by atoms with Gasteiger partial charge in [-0.25, -0.2) is 14.4 Å². The summed E-state index contributed by atoms with van der Waals surface area (Å²) in [5.74, 6) is 0. The van der Waals surface area contributed by atoms with Gasteiger partial charge < -0.3 is 26.3 Å². The molecule has 0 spiro atoms. The van der Waals surface area contributed by atoms with Crippen molar-refractivity contribution >= 4 is 29.6 Å². The molecular formula is C9H11N3O5S. The molecule has 3 amide bonds. The second kappa shape index (κ2) is 6.45. The molecule has 98 valence electrons. The average molecular weight is 273 g/mol. The Morgan fingerprint density at radius 3 is 2.56 bits per heavy atom. The molecule has 1 aromatic heterocycles. The second-order valence-electron chi connectivity index (χ2n) is 3.03. The predicted molar refractivity (Wildman–Crippen MR) is 61.8 cm³/mol. The summed E-state index contributed by atoms with van der Waals surface area (Å²) in [6.07, 6.45) is -3.98. The molecule has 0 aliphatic heterocycles. The maximum atomic E-state index is 11.0. The van der Waals surface area contributed by atoms with Crippen molar-refractivity contribution in [2.45, 2.75) is 6.10 Å². The van der Waals surface area contributed by atoms with Gasteiger partial charge in [-0.3, -0.25) is 0 Å². The van der Waals surface area contributed by atoms with Crippen molar-refractivity contribution in [3.63, 3.8) is 0 Å². The Hall–Kier alpha value is -2.29. The number of ether oxygens (including phenoxy) is 2. The molecule has 0 fully saturated rings. The van der Waals surface area contributed by atoms with Crippen LogP contribution in [-0.2, 0) is 9.47 Å². The first-order chi connectivity index (χ1) is 8.49. The molecule has 1 aromatic rings. The zero-order valence-corrected chi connectivity index (χ0v) is 9.94. The zero-order chi connectivity index (χ0) is 13.5. The van der Waals surface area contributed by atoms with Gasteiger partial charge in [0.2, 0.25) is 0 Å². The number of alkyl carbamates (subject to hydrolysis) is 1. The molecule has 0 aromatic carbocycles. The minimum Gasteiger partial charge on any atom is -0.439 e. The molecule has 1 heterocycles. The molecule has 0 radical (unpaired) electrons. The highest BCUT2D eigenvalue weighted by Crippen LogP contribution is 2.21. The quantitative estimate of drug-likeness (QED) is 0.694. The minimum atomic E-state index is -1.23. The maximum Gasteiger partial charge on any atom is 0.416 e. The summed E-state index contributed by atoms with van der Waals surface area (Å²) >= 11 is 1.32. The lowest BCUT2D eigenvalue weighted by Gasteiger charge is -2.15. The van der Waals surface area contributed by atoms with Crippen LogP contribution in [0.3, 0.4) is 0 Å². The number of thiophene rings is 1. The third kappa shape index (κ3) is 4.70. The molecule has 9 heteroatoms. The highest BCUT2D eigenvalue weighted by Gasteiger charge is 2.18. The van der Waals surface area contributed by atoms with Gasteiger partial charge in [0, 0.05) is 4.88 Å². The fraction of sp³-hybridized carbons (Fsp3) is 0.222. The Morgan fingerprint density at radius 1 is 1.33 bits per heavy atom. The van der Waals surface area contributed by atoms with Crippen molar-refractivity contribution in [2.75, 3.05) is 6.54 Å². The lowest BCUT2D eigenvalue weighted by atomic mass is 10.3. The molecule has 0 saturated carbocycles. The first-order valence-corrected chi connectivity index (χ1v) is 5.61. The third-order valence-corrected chi connectivity index (χ3v) is 2.71. The van der Waals surface area contributed by atoms with Gasteiger partial charge in [-0.05, 0) is 11.4 Å². The number of carbonyl (C=O) groups excluding carboxylic acids is 3. The van der Waals surface area contributed by atoms with Crippen LogP contribution in [0.15, 0.2) is 17.5 Å². The number of amides is 3. The Morgan fingerprint density at radius 2 is 2.06 bits per heavy atom.